The molecule has 0 aromatic heterocycles. The molecule has 0 spiro atoms. The van der Waals surface area contributed by atoms with E-state index < -0.39 is 0 Å². The van der Waals surface area contributed by atoms with Crippen LogP contribution in [0.4, 0.5) is 5.69 Å². The van der Waals surface area contributed by atoms with Crippen molar-refractivity contribution in [3.8, 4) is 17.2 Å². The van der Waals surface area contributed by atoms with Crippen molar-refractivity contribution in [2.24, 2.45) is 0 Å². The number of ketones is 1. The molecular formula is C22H24N2O5. The highest BCUT2D eigenvalue weighted by molar-refractivity contribution is 6.05. The number of hydrogen-bond donors (Lipinski definition) is 1. The molecule has 0 radical (unpaired) electrons. The number of carbonyl (C=O) groups is 2. The molecule has 152 valence electrons. The summed E-state index contributed by atoms with van der Waals surface area (Å²) >= 11 is 0. The maximum Gasteiger partial charge on any atom is 0.238 e. The van der Waals surface area contributed by atoms with Crippen LogP contribution in [0.25, 0.3) is 0 Å². The first-order chi connectivity index (χ1) is 14.0. The number of hydrogen-bond acceptors (Lipinski definition) is 6. The minimum absolute atomic E-state index is 0.112. The normalized spacial score (nSPS) is 17.9. The number of benzene rings is 2. The zero-order chi connectivity index (χ0) is 20.4. The number of methoxy groups -OCH3 is 1. The Balaban J connectivity index is 1.47. The van der Waals surface area contributed by atoms with E-state index >= 15 is 0 Å². The Bertz CT molecular complexity index is 926. The van der Waals surface area contributed by atoms with E-state index in [9.17, 15) is 9.59 Å². The average Bonchev–Trinajstić information content (AvgIpc) is 3.36. The first-order valence-electron chi connectivity index (χ1n) is 9.67. The Hall–Kier alpha value is -3.06. The van der Waals surface area contributed by atoms with Gasteiger partial charge in [0.15, 0.2) is 17.3 Å². The van der Waals surface area contributed by atoms with Gasteiger partial charge in [0.05, 0.1) is 19.3 Å². The fourth-order valence-corrected chi connectivity index (χ4v) is 3.93. The molecule has 2 aliphatic rings. The fraction of sp³-hybridized carbons (Fsp3) is 0.364. The summed E-state index contributed by atoms with van der Waals surface area (Å²) in [6.07, 6.45) is 2.04. The molecule has 1 atom stereocenters. The maximum absolute atomic E-state index is 12.8. The topological polar surface area (TPSA) is 77.1 Å². The lowest BCUT2D eigenvalue weighted by Crippen LogP contribution is -2.33. The van der Waals surface area contributed by atoms with E-state index in [-0.39, 0.29) is 31.1 Å². The molecule has 2 aromatic carbocycles. The molecule has 4 rings (SSSR count). The van der Waals surface area contributed by atoms with Crippen LogP contribution in [0.1, 0.15) is 41.7 Å². The highest BCUT2D eigenvalue weighted by atomic mass is 16.7. The smallest absolute Gasteiger partial charge is 0.238 e. The van der Waals surface area contributed by atoms with Gasteiger partial charge in [-0.15, -0.1) is 0 Å². The Labute approximate surface area is 169 Å². The third-order valence-electron chi connectivity index (χ3n) is 5.38. The fourth-order valence-electron chi connectivity index (χ4n) is 3.93. The van der Waals surface area contributed by atoms with E-state index in [1.165, 1.54) is 12.5 Å². The monoisotopic (exact) mass is 396 g/mol. The number of rotatable bonds is 6. The van der Waals surface area contributed by atoms with Gasteiger partial charge in [-0.1, -0.05) is 12.1 Å². The SMILES string of the molecule is COc1ccc([C@@H]2CCCN2CC(=O)Nc2cc3c(cc2C(C)=O)OCO3)cc1. The lowest BCUT2D eigenvalue weighted by molar-refractivity contribution is -0.117. The van der Waals surface area contributed by atoms with Crippen molar-refractivity contribution in [1.29, 1.82) is 0 Å². The van der Waals surface area contributed by atoms with E-state index in [0.717, 1.165) is 25.1 Å². The summed E-state index contributed by atoms with van der Waals surface area (Å²) in [5.74, 6) is 1.56. The van der Waals surface area contributed by atoms with Crippen LogP contribution in [0.5, 0.6) is 17.2 Å². The van der Waals surface area contributed by atoms with Gasteiger partial charge in [-0.2, -0.15) is 0 Å². The summed E-state index contributed by atoms with van der Waals surface area (Å²) in [5.41, 5.74) is 2.03. The molecule has 0 bridgehead atoms. The largest absolute Gasteiger partial charge is 0.497 e. The summed E-state index contributed by atoms with van der Waals surface area (Å²) in [4.78, 5) is 26.9. The maximum atomic E-state index is 12.8. The molecule has 7 heteroatoms. The van der Waals surface area contributed by atoms with Gasteiger partial charge in [-0.25, -0.2) is 0 Å². The minimum Gasteiger partial charge on any atom is -0.497 e. The van der Waals surface area contributed by atoms with Gasteiger partial charge >= 0.3 is 0 Å². The molecule has 1 saturated heterocycles. The van der Waals surface area contributed by atoms with Gasteiger partial charge in [0.1, 0.15) is 5.75 Å². The number of nitrogens with one attached hydrogen (secondary N) is 1. The van der Waals surface area contributed by atoms with Gasteiger partial charge < -0.3 is 19.5 Å². The number of nitrogens with zero attached hydrogens (tertiary/aromatic N) is 1. The molecule has 29 heavy (non-hydrogen) atoms. The predicted molar refractivity (Wildman–Crippen MR) is 108 cm³/mol. The van der Waals surface area contributed by atoms with Gasteiger partial charge in [-0.3, -0.25) is 14.5 Å². The van der Waals surface area contributed by atoms with Gasteiger partial charge in [0, 0.05) is 17.7 Å². The van der Waals surface area contributed by atoms with E-state index in [4.69, 9.17) is 14.2 Å². The van der Waals surface area contributed by atoms with Crippen molar-refractivity contribution < 1.29 is 23.8 Å². The lowest BCUT2D eigenvalue weighted by Gasteiger charge is -2.24. The van der Waals surface area contributed by atoms with Crippen LogP contribution in [0.2, 0.25) is 0 Å². The molecular weight excluding hydrogens is 372 g/mol. The van der Waals surface area contributed by atoms with Crippen LogP contribution in [0.3, 0.4) is 0 Å². The highest BCUT2D eigenvalue weighted by Gasteiger charge is 2.28. The summed E-state index contributed by atoms with van der Waals surface area (Å²) < 4.78 is 15.9. The second-order valence-corrected chi connectivity index (χ2v) is 7.26. The number of carbonyl (C=O) groups excluding carboxylic acids is 2. The molecule has 2 heterocycles. The van der Waals surface area contributed by atoms with Crippen molar-refractivity contribution in [3.63, 3.8) is 0 Å². The molecule has 2 aliphatic heterocycles. The number of Topliss-reactive ketones (excluding diaryl/α,β-unsaturated/α-hetero) is 1. The van der Waals surface area contributed by atoms with Crippen LogP contribution < -0.4 is 19.5 Å². The van der Waals surface area contributed by atoms with Crippen molar-refractivity contribution >= 4 is 17.4 Å². The average molecular weight is 396 g/mol. The van der Waals surface area contributed by atoms with Gasteiger partial charge in [0.25, 0.3) is 0 Å². The predicted octanol–water partition coefficient (Wildman–Crippen LogP) is 3.40. The van der Waals surface area contributed by atoms with E-state index in [0.29, 0.717) is 22.7 Å². The van der Waals surface area contributed by atoms with Crippen LogP contribution in [-0.4, -0.2) is 43.6 Å². The van der Waals surface area contributed by atoms with Crippen molar-refractivity contribution in [3.05, 3.63) is 47.5 Å². The number of likely N-dealkylation sites (tertiary alicyclic amines) is 1. The van der Waals surface area contributed by atoms with Crippen molar-refractivity contribution in [1.82, 2.24) is 4.90 Å². The van der Waals surface area contributed by atoms with Crippen molar-refractivity contribution in [2.75, 3.05) is 32.3 Å². The summed E-state index contributed by atoms with van der Waals surface area (Å²) in [6, 6.07) is 11.4. The first kappa shape index (κ1) is 19.3. The molecule has 0 aliphatic carbocycles. The summed E-state index contributed by atoms with van der Waals surface area (Å²) in [7, 11) is 1.65. The molecule has 2 aromatic rings. The summed E-state index contributed by atoms with van der Waals surface area (Å²) in [5, 5.41) is 2.88. The molecule has 0 unspecified atom stereocenters. The second kappa shape index (κ2) is 8.13. The minimum atomic E-state index is -0.160. The quantitative estimate of drug-likeness (QED) is 0.754. The number of anilines is 1. The molecule has 1 N–H and O–H groups in total. The number of ether oxygens (including phenoxy) is 3. The van der Waals surface area contributed by atoms with Gasteiger partial charge in [0.2, 0.25) is 12.7 Å². The van der Waals surface area contributed by atoms with E-state index in [1.807, 2.05) is 24.3 Å². The molecule has 0 saturated carbocycles. The van der Waals surface area contributed by atoms with Crippen molar-refractivity contribution in [2.45, 2.75) is 25.8 Å². The Morgan fingerprint density at radius 2 is 1.90 bits per heavy atom. The lowest BCUT2D eigenvalue weighted by atomic mass is 10.0. The number of amides is 1. The first-order valence-corrected chi connectivity index (χ1v) is 9.67. The Kier molecular flexibility index (Phi) is 5.40. The summed E-state index contributed by atoms with van der Waals surface area (Å²) in [6.45, 7) is 2.68. The van der Waals surface area contributed by atoms with Crippen LogP contribution >= 0.6 is 0 Å². The zero-order valence-electron chi connectivity index (χ0n) is 16.6. The third kappa shape index (κ3) is 4.05. The van der Waals surface area contributed by atoms with Crippen LogP contribution in [0.15, 0.2) is 36.4 Å². The standard InChI is InChI=1S/C22H24N2O5/c1-14(25)17-10-20-21(29-13-28-20)11-18(17)23-22(26)12-24-9-3-4-19(24)15-5-7-16(27-2)8-6-15/h5-8,10-11,19H,3-4,9,12-13H2,1-2H3,(H,23,26)/t19-/m0/s1. The van der Waals surface area contributed by atoms with Crippen LogP contribution in [0, 0.1) is 0 Å². The Morgan fingerprint density at radius 3 is 2.59 bits per heavy atom. The van der Waals surface area contributed by atoms with E-state index in [2.05, 4.69) is 10.2 Å². The molecule has 7 nitrogen and oxygen atoms in total. The molecule has 1 amide bonds. The number of fused-ring (bicyclic) bond motifs is 1. The van der Waals surface area contributed by atoms with Gasteiger partial charge in [-0.05, 0) is 50.1 Å². The second-order valence-electron chi connectivity index (χ2n) is 7.26. The highest BCUT2D eigenvalue weighted by Crippen LogP contribution is 2.37. The van der Waals surface area contributed by atoms with E-state index in [1.54, 1.807) is 19.2 Å². The Morgan fingerprint density at radius 1 is 1.17 bits per heavy atom. The third-order valence-corrected chi connectivity index (χ3v) is 5.38. The molecule has 1 fully saturated rings. The van der Waals surface area contributed by atoms with Crippen LogP contribution in [-0.2, 0) is 4.79 Å². The zero-order valence-corrected chi connectivity index (χ0v) is 16.6.